The zero-order valence-corrected chi connectivity index (χ0v) is 10.5. The lowest BCUT2D eigenvalue weighted by atomic mass is 10.2. The molecule has 1 atom stereocenters. The minimum Gasteiger partial charge on any atom is -0.478 e. The Balaban J connectivity index is 2.04. The number of hydrogen-bond acceptors (Lipinski definition) is 6. The Hall–Kier alpha value is -2.02. The summed E-state index contributed by atoms with van der Waals surface area (Å²) < 4.78 is 0. The molecule has 94 valence electrons. The highest BCUT2D eigenvalue weighted by Gasteiger charge is 2.13. The maximum absolute atomic E-state index is 11.0. The van der Waals surface area contributed by atoms with E-state index in [0.29, 0.717) is 6.54 Å². The van der Waals surface area contributed by atoms with Gasteiger partial charge in [0.05, 0.1) is 11.2 Å². The molecule has 2 rings (SSSR count). The molecule has 18 heavy (non-hydrogen) atoms. The van der Waals surface area contributed by atoms with Crippen molar-refractivity contribution < 1.29 is 9.90 Å². The third kappa shape index (κ3) is 2.80. The van der Waals surface area contributed by atoms with Gasteiger partial charge in [-0.05, 0) is 6.07 Å². The summed E-state index contributed by atoms with van der Waals surface area (Å²) in [7, 11) is 0. The van der Waals surface area contributed by atoms with E-state index in [2.05, 4.69) is 20.5 Å². The standard InChI is InChI=1S/C11H12N4O2S/c1-7(10-12-4-5-18-10)6-13-9-8(11(16)17)2-3-14-15-9/h2-5,7H,6H2,1H3,(H,13,15)(H,16,17). The summed E-state index contributed by atoms with van der Waals surface area (Å²) in [6, 6.07) is 1.42. The molecule has 0 amide bonds. The monoisotopic (exact) mass is 264 g/mol. The predicted molar refractivity (Wildman–Crippen MR) is 68.0 cm³/mol. The Kier molecular flexibility index (Phi) is 3.83. The number of hydrogen-bond donors (Lipinski definition) is 2. The molecule has 2 aromatic rings. The van der Waals surface area contributed by atoms with Gasteiger partial charge in [0.1, 0.15) is 5.56 Å². The first-order chi connectivity index (χ1) is 8.68. The third-order valence-electron chi connectivity index (χ3n) is 2.40. The van der Waals surface area contributed by atoms with Gasteiger partial charge < -0.3 is 10.4 Å². The molecule has 2 heterocycles. The van der Waals surface area contributed by atoms with Crippen molar-refractivity contribution in [2.24, 2.45) is 0 Å². The first-order valence-corrected chi connectivity index (χ1v) is 6.24. The molecule has 0 aliphatic rings. The van der Waals surface area contributed by atoms with Crippen LogP contribution in [0.15, 0.2) is 23.8 Å². The number of nitrogens with one attached hydrogen (secondary N) is 1. The number of thiazole rings is 1. The number of rotatable bonds is 5. The van der Waals surface area contributed by atoms with E-state index in [1.54, 1.807) is 17.5 Å². The summed E-state index contributed by atoms with van der Waals surface area (Å²) in [6.07, 6.45) is 3.11. The lowest BCUT2D eigenvalue weighted by Gasteiger charge is -2.11. The van der Waals surface area contributed by atoms with E-state index >= 15 is 0 Å². The molecule has 2 N–H and O–H groups in total. The van der Waals surface area contributed by atoms with Crippen molar-refractivity contribution in [3.8, 4) is 0 Å². The molecule has 0 radical (unpaired) electrons. The SMILES string of the molecule is CC(CNc1nnccc1C(=O)O)c1nccs1. The van der Waals surface area contributed by atoms with Crippen LogP contribution in [0.25, 0.3) is 0 Å². The zero-order chi connectivity index (χ0) is 13.0. The summed E-state index contributed by atoms with van der Waals surface area (Å²) in [4.78, 5) is 15.2. The maximum Gasteiger partial charge on any atom is 0.339 e. The quantitative estimate of drug-likeness (QED) is 0.856. The molecule has 2 aromatic heterocycles. The minimum atomic E-state index is -1.02. The highest BCUT2D eigenvalue weighted by atomic mass is 32.1. The van der Waals surface area contributed by atoms with Crippen LogP contribution in [0, 0.1) is 0 Å². The van der Waals surface area contributed by atoms with Crippen LogP contribution >= 0.6 is 11.3 Å². The second kappa shape index (κ2) is 5.54. The number of carboxylic acids is 1. The summed E-state index contributed by atoms with van der Waals surface area (Å²) in [5.74, 6) is -0.545. The van der Waals surface area contributed by atoms with E-state index in [-0.39, 0.29) is 17.3 Å². The van der Waals surface area contributed by atoms with Crippen LogP contribution in [0.4, 0.5) is 5.82 Å². The second-order valence-corrected chi connectivity index (χ2v) is 4.68. The van der Waals surface area contributed by atoms with E-state index in [1.165, 1.54) is 12.3 Å². The summed E-state index contributed by atoms with van der Waals surface area (Å²) in [6.45, 7) is 2.58. The van der Waals surface area contributed by atoms with Gasteiger partial charge in [-0.15, -0.1) is 16.4 Å². The van der Waals surface area contributed by atoms with Gasteiger partial charge in [0.15, 0.2) is 5.82 Å². The van der Waals surface area contributed by atoms with Crippen LogP contribution in [-0.4, -0.2) is 32.8 Å². The van der Waals surface area contributed by atoms with Crippen molar-refractivity contribution in [1.82, 2.24) is 15.2 Å². The molecule has 6 nitrogen and oxygen atoms in total. The van der Waals surface area contributed by atoms with Gasteiger partial charge in [-0.1, -0.05) is 6.92 Å². The predicted octanol–water partition coefficient (Wildman–Crippen LogP) is 1.85. The van der Waals surface area contributed by atoms with Gasteiger partial charge in [-0.2, -0.15) is 5.10 Å². The van der Waals surface area contributed by atoms with Crippen molar-refractivity contribution >= 4 is 23.1 Å². The first-order valence-electron chi connectivity index (χ1n) is 5.36. The highest BCUT2D eigenvalue weighted by Crippen LogP contribution is 2.18. The van der Waals surface area contributed by atoms with Crippen LogP contribution in [0.2, 0.25) is 0 Å². The fraction of sp³-hybridized carbons (Fsp3) is 0.273. The van der Waals surface area contributed by atoms with Crippen LogP contribution in [0.5, 0.6) is 0 Å². The minimum absolute atomic E-state index is 0.122. The molecule has 0 aliphatic carbocycles. The Morgan fingerprint density at radius 3 is 3.06 bits per heavy atom. The summed E-state index contributed by atoms with van der Waals surface area (Å²) in [5, 5.41) is 22.4. The van der Waals surface area contributed by atoms with Crippen molar-refractivity contribution in [3.63, 3.8) is 0 Å². The Labute approximate surface area is 108 Å². The van der Waals surface area contributed by atoms with Gasteiger partial charge in [-0.3, -0.25) is 0 Å². The molecular weight excluding hydrogens is 252 g/mol. The van der Waals surface area contributed by atoms with Gasteiger partial charge in [0.2, 0.25) is 0 Å². The van der Waals surface area contributed by atoms with Crippen molar-refractivity contribution in [2.75, 3.05) is 11.9 Å². The topological polar surface area (TPSA) is 88.0 Å². The first kappa shape index (κ1) is 12.4. The van der Waals surface area contributed by atoms with E-state index in [1.807, 2.05) is 12.3 Å². The molecule has 0 aromatic carbocycles. The average Bonchev–Trinajstić information content (AvgIpc) is 2.90. The van der Waals surface area contributed by atoms with Gasteiger partial charge in [-0.25, -0.2) is 9.78 Å². The van der Waals surface area contributed by atoms with Crippen LogP contribution in [0.1, 0.15) is 28.2 Å². The lowest BCUT2D eigenvalue weighted by molar-refractivity contribution is 0.0697. The number of carbonyl (C=O) groups is 1. The third-order valence-corrected chi connectivity index (χ3v) is 3.41. The fourth-order valence-corrected chi connectivity index (χ4v) is 2.15. The van der Waals surface area contributed by atoms with E-state index in [0.717, 1.165) is 5.01 Å². The number of aromatic carboxylic acids is 1. The molecule has 0 saturated heterocycles. The van der Waals surface area contributed by atoms with E-state index < -0.39 is 5.97 Å². The van der Waals surface area contributed by atoms with Gasteiger partial charge in [0.25, 0.3) is 0 Å². The largest absolute Gasteiger partial charge is 0.478 e. The maximum atomic E-state index is 11.0. The normalized spacial score (nSPS) is 12.1. The summed E-state index contributed by atoms with van der Waals surface area (Å²) in [5.41, 5.74) is 0.122. The average molecular weight is 264 g/mol. The molecular formula is C11H12N4O2S. The Morgan fingerprint density at radius 2 is 2.39 bits per heavy atom. The second-order valence-electron chi connectivity index (χ2n) is 3.75. The molecule has 0 bridgehead atoms. The van der Waals surface area contributed by atoms with Crippen LogP contribution in [0.3, 0.4) is 0 Å². The van der Waals surface area contributed by atoms with E-state index in [9.17, 15) is 4.79 Å². The van der Waals surface area contributed by atoms with Crippen molar-refractivity contribution in [2.45, 2.75) is 12.8 Å². The van der Waals surface area contributed by atoms with Gasteiger partial charge >= 0.3 is 5.97 Å². The molecule has 7 heteroatoms. The van der Waals surface area contributed by atoms with Crippen molar-refractivity contribution in [3.05, 3.63) is 34.4 Å². The number of aromatic nitrogens is 3. The zero-order valence-electron chi connectivity index (χ0n) is 9.70. The molecule has 0 saturated carbocycles. The molecule has 0 fully saturated rings. The Bertz CT molecular complexity index is 530. The lowest BCUT2D eigenvalue weighted by Crippen LogP contribution is -2.14. The van der Waals surface area contributed by atoms with Gasteiger partial charge in [0, 0.05) is 24.0 Å². The number of carboxylic acid groups (broad SMARTS) is 1. The number of nitrogens with zero attached hydrogens (tertiary/aromatic N) is 3. The smallest absolute Gasteiger partial charge is 0.339 e. The highest BCUT2D eigenvalue weighted by molar-refractivity contribution is 7.09. The summed E-state index contributed by atoms with van der Waals surface area (Å²) >= 11 is 1.57. The molecule has 0 spiro atoms. The fourth-order valence-electron chi connectivity index (χ4n) is 1.45. The van der Waals surface area contributed by atoms with Crippen LogP contribution < -0.4 is 5.32 Å². The molecule has 0 aliphatic heterocycles. The number of anilines is 1. The van der Waals surface area contributed by atoms with Crippen molar-refractivity contribution in [1.29, 1.82) is 0 Å². The van der Waals surface area contributed by atoms with Crippen LogP contribution in [-0.2, 0) is 0 Å². The molecule has 1 unspecified atom stereocenters. The van der Waals surface area contributed by atoms with E-state index in [4.69, 9.17) is 5.11 Å². The Morgan fingerprint density at radius 1 is 1.56 bits per heavy atom.